The third-order valence-corrected chi connectivity index (χ3v) is 8.13. The van der Waals surface area contributed by atoms with Gasteiger partial charge in [0.1, 0.15) is 5.75 Å². The van der Waals surface area contributed by atoms with Gasteiger partial charge < -0.3 is 9.64 Å². The molecule has 0 spiro atoms. The standard InChI is InChI=1S/C21H23N3O5S2/c1-2-24-18-9-8-17(14-19(18)30-21(24)26)31(27,28)23-12-10-22(11-13-23)20(25)15-29-16-6-4-3-5-7-16/h3-9,14H,2,10-13,15H2,1H3. The van der Waals surface area contributed by atoms with E-state index in [-0.39, 0.29) is 35.4 Å². The topological polar surface area (TPSA) is 88.9 Å². The number of thiazole rings is 1. The minimum atomic E-state index is -3.71. The molecule has 31 heavy (non-hydrogen) atoms. The summed E-state index contributed by atoms with van der Waals surface area (Å²) in [6.07, 6.45) is 0. The minimum absolute atomic E-state index is 0.0826. The lowest BCUT2D eigenvalue weighted by atomic mass is 10.3. The second-order valence-corrected chi connectivity index (χ2v) is 10.1. The Hall–Kier alpha value is -2.69. The van der Waals surface area contributed by atoms with Crippen LogP contribution in [0, 0.1) is 0 Å². The molecule has 1 saturated heterocycles. The second-order valence-electron chi connectivity index (χ2n) is 7.13. The zero-order chi connectivity index (χ0) is 22.0. The fourth-order valence-corrected chi connectivity index (χ4v) is 6.10. The summed E-state index contributed by atoms with van der Waals surface area (Å²) in [7, 11) is -3.71. The van der Waals surface area contributed by atoms with Crippen LogP contribution in [-0.4, -0.2) is 60.9 Å². The number of hydrogen-bond acceptors (Lipinski definition) is 6. The quantitative estimate of drug-likeness (QED) is 0.560. The maximum atomic E-state index is 13.1. The van der Waals surface area contributed by atoms with Crippen molar-refractivity contribution in [1.29, 1.82) is 0 Å². The Kier molecular flexibility index (Phi) is 6.12. The molecule has 1 amide bonds. The first-order chi connectivity index (χ1) is 14.9. The molecule has 0 atom stereocenters. The fraction of sp³-hybridized carbons (Fsp3) is 0.333. The molecule has 2 heterocycles. The van der Waals surface area contributed by atoms with Crippen molar-refractivity contribution < 1.29 is 17.9 Å². The van der Waals surface area contributed by atoms with Crippen molar-refractivity contribution in [3.8, 4) is 5.75 Å². The van der Waals surface area contributed by atoms with Gasteiger partial charge in [-0.25, -0.2) is 8.42 Å². The van der Waals surface area contributed by atoms with Crippen LogP contribution in [0.3, 0.4) is 0 Å². The number of carbonyl (C=O) groups is 1. The molecule has 0 radical (unpaired) electrons. The van der Waals surface area contributed by atoms with E-state index in [1.54, 1.807) is 39.8 Å². The van der Waals surface area contributed by atoms with E-state index in [4.69, 9.17) is 4.74 Å². The van der Waals surface area contributed by atoms with Crippen molar-refractivity contribution in [3.05, 3.63) is 58.2 Å². The Morgan fingerprint density at radius 2 is 1.77 bits per heavy atom. The number of fused-ring (bicyclic) bond motifs is 1. The Morgan fingerprint density at radius 1 is 1.06 bits per heavy atom. The van der Waals surface area contributed by atoms with E-state index in [1.165, 1.54) is 4.31 Å². The molecule has 4 rings (SSSR count). The van der Waals surface area contributed by atoms with Crippen LogP contribution in [0.4, 0.5) is 0 Å². The summed E-state index contributed by atoms with van der Waals surface area (Å²) in [5, 5.41) is 0. The third-order valence-electron chi connectivity index (χ3n) is 5.29. The number of aryl methyl sites for hydroxylation is 1. The Morgan fingerprint density at radius 3 is 2.45 bits per heavy atom. The van der Waals surface area contributed by atoms with Gasteiger partial charge in [-0.3, -0.25) is 14.2 Å². The minimum Gasteiger partial charge on any atom is -0.484 e. The predicted molar refractivity (Wildman–Crippen MR) is 119 cm³/mol. The normalized spacial score (nSPS) is 15.3. The molecule has 0 bridgehead atoms. The molecular weight excluding hydrogens is 438 g/mol. The highest BCUT2D eigenvalue weighted by Gasteiger charge is 2.30. The Balaban J connectivity index is 1.41. The molecule has 8 nitrogen and oxygen atoms in total. The predicted octanol–water partition coefficient (Wildman–Crippen LogP) is 1.99. The number of nitrogens with zero attached hydrogens (tertiary/aromatic N) is 3. The summed E-state index contributed by atoms with van der Waals surface area (Å²) >= 11 is 1.05. The molecule has 1 aliphatic rings. The third kappa shape index (κ3) is 4.36. The van der Waals surface area contributed by atoms with Gasteiger partial charge in [0.2, 0.25) is 10.0 Å². The highest BCUT2D eigenvalue weighted by atomic mass is 32.2. The zero-order valence-electron chi connectivity index (χ0n) is 17.1. The van der Waals surface area contributed by atoms with Gasteiger partial charge in [-0.1, -0.05) is 29.5 Å². The van der Waals surface area contributed by atoms with Crippen LogP contribution in [0.5, 0.6) is 5.75 Å². The lowest BCUT2D eigenvalue weighted by molar-refractivity contribution is -0.134. The molecule has 0 N–H and O–H groups in total. The maximum Gasteiger partial charge on any atom is 0.308 e. The van der Waals surface area contributed by atoms with Crippen LogP contribution in [0.25, 0.3) is 10.2 Å². The highest BCUT2D eigenvalue weighted by Crippen LogP contribution is 2.24. The van der Waals surface area contributed by atoms with Gasteiger partial charge in [-0.15, -0.1) is 0 Å². The number of aromatic nitrogens is 1. The average Bonchev–Trinajstić information content (AvgIpc) is 3.12. The lowest BCUT2D eigenvalue weighted by Gasteiger charge is -2.34. The molecule has 0 aliphatic carbocycles. The Labute approximate surface area is 184 Å². The van der Waals surface area contributed by atoms with Crippen molar-refractivity contribution in [2.24, 2.45) is 0 Å². The fourth-order valence-electron chi connectivity index (χ4n) is 3.59. The highest BCUT2D eigenvalue weighted by molar-refractivity contribution is 7.89. The van der Waals surface area contributed by atoms with Gasteiger partial charge in [-0.05, 0) is 37.3 Å². The molecule has 1 aliphatic heterocycles. The first kappa shape index (κ1) is 21.5. The molecule has 3 aromatic rings. The number of hydrogen-bond donors (Lipinski definition) is 0. The number of ether oxygens (including phenoxy) is 1. The largest absolute Gasteiger partial charge is 0.484 e. The van der Waals surface area contributed by atoms with Crippen molar-refractivity contribution in [2.45, 2.75) is 18.4 Å². The van der Waals surface area contributed by atoms with Crippen molar-refractivity contribution in [1.82, 2.24) is 13.8 Å². The summed E-state index contributed by atoms with van der Waals surface area (Å²) in [6, 6.07) is 13.9. The van der Waals surface area contributed by atoms with Crippen LogP contribution >= 0.6 is 11.3 Å². The van der Waals surface area contributed by atoms with Crippen molar-refractivity contribution >= 4 is 37.5 Å². The van der Waals surface area contributed by atoms with Gasteiger partial charge in [0.15, 0.2) is 6.61 Å². The lowest BCUT2D eigenvalue weighted by Crippen LogP contribution is -2.51. The van der Waals surface area contributed by atoms with Crippen LogP contribution < -0.4 is 9.61 Å². The average molecular weight is 462 g/mol. The zero-order valence-corrected chi connectivity index (χ0v) is 18.7. The van der Waals surface area contributed by atoms with E-state index in [2.05, 4.69) is 0 Å². The Bertz CT molecular complexity index is 1240. The van der Waals surface area contributed by atoms with E-state index in [0.29, 0.717) is 30.1 Å². The van der Waals surface area contributed by atoms with E-state index in [0.717, 1.165) is 16.9 Å². The molecular formula is C21H23N3O5S2. The van der Waals surface area contributed by atoms with E-state index in [9.17, 15) is 18.0 Å². The molecule has 0 unspecified atom stereocenters. The smallest absolute Gasteiger partial charge is 0.308 e. The maximum absolute atomic E-state index is 13.1. The van der Waals surface area contributed by atoms with E-state index >= 15 is 0 Å². The van der Waals surface area contributed by atoms with Crippen LogP contribution in [0.1, 0.15) is 6.92 Å². The molecule has 10 heteroatoms. The number of para-hydroxylation sites is 1. The first-order valence-electron chi connectivity index (χ1n) is 9.99. The molecule has 1 fully saturated rings. The molecule has 2 aromatic carbocycles. The number of sulfonamides is 1. The second kappa shape index (κ2) is 8.81. The number of carbonyl (C=O) groups excluding carboxylic acids is 1. The summed E-state index contributed by atoms with van der Waals surface area (Å²) < 4.78 is 35.4. The summed E-state index contributed by atoms with van der Waals surface area (Å²) in [5.41, 5.74) is 0.741. The van der Waals surface area contributed by atoms with Crippen LogP contribution in [0.15, 0.2) is 58.2 Å². The van der Waals surface area contributed by atoms with Crippen LogP contribution in [0.2, 0.25) is 0 Å². The number of amides is 1. The van der Waals surface area contributed by atoms with E-state index in [1.807, 2.05) is 25.1 Å². The van der Waals surface area contributed by atoms with Gasteiger partial charge >= 0.3 is 4.87 Å². The first-order valence-corrected chi connectivity index (χ1v) is 12.2. The van der Waals surface area contributed by atoms with Gasteiger partial charge in [0, 0.05) is 32.7 Å². The van der Waals surface area contributed by atoms with E-state index < -0.39 is 10.0 Å². The van der Waals surface area contributed by atoms with Crippen molar-refractivity contribution in [2.75, 3.05) is 32.8 Å². The molecule has 164 valence electrons. The number of piperazine rings is 1. The van der Waals surface area contributed by atoms with Crippen LogP contribution in [-0.2, 0) is 21.4 Å². The molecule has 0 saturated carbocycles. The monoisotopic (exact) mass is 461 g/mol. The number of rotatable bonds is 6. The SMILES string of the molecule is CCn1c(=O)sc2cc(S(=O)(=O)N3CCN(C(=O)COc4ccccc4)CC3)ccc21. The molecule has 1 aromatic heterocycles. The summed E-state index contributed by atoms with van der Waals surface area (Å²) in [6.45, 7) is 3.36. The van der Waals surface area contributed by atoms with Crippen molar-refractivity contribution in [3.63, 3.8) is 0 Å². The summed E-state index contributed by atoms with van der Waals surface area (Å²) in [5.74, 6) is 0.444. The van der Waals surface area contributed by atoms with Gasteiger partial charge in [0.05, 0.1) is 15.1 Å². The van der Waals surface area contributed by atoms with Gasteiger partial charge in [0.25, 0.3) is 5.91 Å². The van der Waals surface area contributed by atoms with Gasteiger partial charge in [-0.2, -0.15) is 4.31 Å². The summed E-state index contributed by atoms with van der Waals surface area (Å²) in [4.78, 5) is 26.1. The number of benzene rings is 2.